The van der Waals surface area contributed by atoms with Gasteiger partial charge < -0.3 is 0 Å². The first kappa shape index (κ1) is 9.09. The lowest BCUT2D eigenvalue weighted by Gasteiger charge is -1.96. The number of thiophene rings is 1. The second kappa shape index (κ2) is 3.72. The summed E-state index contributed by atoms with van der Waals surface area (Å²) in [7, 11) is 0. The molecule has 14 heavy (non-hydrogen) atoms. The van der Waals surface area contributed by atoms with Gasteiger partial charge in [0.15, 0.2) is 6.29 Å². The molecule has 0 N–H and O–H groups in total. The summed E-state index contributed by atoms with van der Waals surface area (Å²) >= 11 is 1.50. The highest BCUT2D eigenvalue weighted by molar-refractivity contribution is 7.14. The zero-order chi connectivity index (χ0) is 9.97. The van der Waals surface area contributed by atoms with Gasteiger partial charge in [0.2, 0.25) is 0 Å². The fraction of sp³-hybridized carbons (Fsp3) is 0.0909. The third-order valence-corrected chi connectivity index (χ3v) is 2.97. The van der Waals surface area contributed by atoms with Crippen LogP contribution < -0.4 is 0 Å². The van der Waals surface area contributed by atoms with Gasteiger partial charge in [0.05, 0.1) is 10.6 Å². The number of hydrogen-bond donors (Lipinski definition) is 0. The topological polar surface area (TPSA) is 30.0 Å². The van der Waals surface area contributed by atoms with Gasteiger partial charge in [-0.2, -0.15) is 0 Å². The first-order valence-electron chi connectivity index (χ1n) is 4.28. The molecule has 0 saturated heterocycles. The van der Waals surface area contributed by atoms with Gasteiger partial charge in [0.25, 0.3) is 0 Å². The van der Waals surface area contributed by atoms with E-state index in [9.17, 15) is 4.79 Å². The standard InChI is InChI=1S/C11H9NOS/c1-8-10(6-9(7-13)14-8)11-4-2-3-5-12-11/h2-7H,1H3. The second-order valence-electron chi connectivity index (χ2n) is 2.95. The van der Waals surface area contributed by atoms with Gasteiger partial charge in [0.1, 0.15) is 0 Å². The highest BCUT2D eigenvalue weighted by atomic mass is 32.1. The summed E-state index contributed by atoms with van der Waals surface area (Å²) in [5.41, 5.74) is 1.98. The number of rotatable bonds is 2. The highest BCUT2D eigenvalue weighted by Crippen LogP contribution is 2.28. The van der Waals surface area contributed by atoms with Crippen LogP contribution in [0, 0.1) is 6.92 Å². The molecule has 2 nitrogen and oxygen atoms in total. The number of carbonyl (C=O) groups excluding carboxylic acids is 1. The van der Waals surface area contributed by atoms with Crippen molar-refractivity contribution in [3.63, 3.8) is 0 Å². The predicted octanol–water partition coefficient (Wildman–Crippen LogP) is 2.93. The minimum absolute atomic E-state index is 0.753. The summed E-state index contributed by atoms with van der Waals surface area (Å²) in [5, 5.41) is 0. The molecule has 3 heteroatoms. The molecule has 0 atom stereocenters. The van der Waals surface area contributed by atoms with Crippen molar-refractivity contribution in [1.29, 1.82) is 0 Å². The maximum Gasteiger partial charge on any atom is 0.160 e. The van der Waals surface area contributed by atoms with Crippen molar-refractivity contribution in [1.82, 2.24) is 4.98 Å². The minimum atomic E-state index is 0.753. The molecule has 0 amide bonds. The number of aldehydes is 1. The summed E-state index contributed by atoms with van der Waals surface area (Å²) in [6, 6.07) is 7.66. The molecule has 2 rings (SSSR count). The van der Waals surface area contributed by atoms with E-state index in [0.717, 1.165) is 27.3 Å². The molecule has 0 saturated carbocycles. The van der Waals surface area contributed by atoms with E-state index in [-0.39, 0.29) is 0 Å². The van der Waals surface area contributed by atoms with Crippen molar-refractivity contribution in [3.05, 3.63) is 40.2 Å². The third kappa shape index (κ3) is 1.59. The summed E-state index contributed by atoms with van der Waals surface area (Å²) in [6.07, 6.45) is 2.64. The van der Waals surface area contributed by atoms with E-state index < -0.39 is 0 Å². The minimum Gasteiger partial charge on any atom is -0.297 e. The van der Waals surface area contributed by atoms with Crippen molar-refractivity contribution in [2.24, 2.45) is 0 Å². The fourth-order valence-electron chi connectivity index (χ4n) is 1.34. The van der Waals surface area contributed by atoms with Crippen LogP contribution in [0.15, 0.2) is 30.5 Å². The average molecular weight is 203 g/mol. The summed E-state index contributed by atoms with van der Waals surface area (Å²) < 4.78 is 0. The van der Waals surface area contributed by atoms with E-state index in [1.807, 2.05) is 31.2 Å². The first-order valence-corrected chi connectivity index (χ1v) is 5.10. The predicted molar refractivity (Wildman–Crippen MR) is 57.7 cm³/mol. The van der Waals surface area contributed by atoms with Gasteiger partial charge in [-0.1, -0.05) is 6.07 Å². The van der Waals surface area contributed by atoms with E-state index in [1.54, 1.807) is 6.20 Å². The Bertz CT molecular complexity index is 448. The van der Waals surface area contributed by atoms with Crippen molar-refractivity contribution in [2.75, 3.05) is 0 Å². The molecular formula is C11H9NOS. The number of hydrogen-bond acceptors (Lipinski definition) is 3. The van der Waals surface area contributed by atoms with Crippen molar-refractivity contribution in [3.8, 4) is 11.3 Å². The Morgan fingerprint density at radius 2 is 2.29 bits per heavy atom. The molecule has 0 aliphatic rings. The zero-order valence-electron chi connectivity index (χ0n) is 7.73. The molecule has 0 aliphatic carbocycles. The number of carbonyl (C=O) groups is 1. The molecule has 0 bridgehead atoms. The lowest BCUT2D eigenvalue weighted by atomic mass is 10.1. The molecule has 0 unspecified atom stereocenters. The summed E-state index contributed by atoms with van der Waals surface area (Å²) in [5.74, 6) is 0. The van der Waals surface area contributed by atoms with E-state index >= 15 is 0 Å². The van der Waals surface area contributed by atoms with Gasteiger partial charge in [-0.25, -0.2) is 0 Å². The van der Waals surface area contributed by atoms with Gasteiger partial charge >= 0.3 is 0 Å². The molecule has 2 aromatic heterocycles. The van der Waals surface area contributed by atoms with E-state index in [2.05, 4.69) is 4.98 Å². The quantitative estimate of drug-likeness (QED) is 0.702. The van der Waals surface area contributed by atoms with Crippen molar-refractivity contribution < 1.29 is 4.79 Å². The second-order valence-corrected chi connectivity index (χ2v) is 4.24. The molecule has 0 aliphatic heterocycles. The van der Waals surface area contributed by atoms with E-state index in [1.165, 1.54) is 11.3 Å². The largest absolute Gasteiger partial charge is 0.297 e. The smallest absolute Gasteiger partial charge is 0.160 e. The van der Waals surface area contributed by atoms with Gasteiger partial charge in [-0.15, -0.1) is 11.3 Å². The van der Waals surface area contributed by atoms with Gasteiger partial charge in [0, 0.05) is 16.6 Å². The van der Waals surface area contributed by atoms with E-state index in [0.29, 0.717) is 0 Å². The molecule has 0 fully saturated rings. The Labute approximate surface area is 86.2 Å². The monoisotopic (exact) mass is 203 g/mol. The Kier molecular flexibility index (Phi) is 2.41. The molecular weight excluding hydrogens is 194 g/mol. The van der Waals surface area contributed by atoms with E-state index in [4.69, 9.17) is 0 Å². The molecule has 2 aromatic rings. The van der Waals surface area contributed by atoms with Gasteiger partial charge in [-0.05, 0) is 25.1 Å². The van der Waals surface area contributed by atoms with Gasteiger partial charge in [-0.3, -0.25) is 9.78 Å². The lowest BCUT2D eigenvalue weighted by molar-refractivity contribution is 0.112. The molecule has 0 aromatic carbocycles. The van der Waals surface area contributed by atoms with Crippen molar-refractivity contribution >= 4 is 17.6 Å². The van der Waals surface area contributed by atoms with Crippen LogP contribution in [-0.4, -0.2) is 11.3 Å². The Morgan fingerprint density at radius 3 is 2.86 bits per heavy atom. The zero-order valence-corrected chi connectivity index (χ0v) is 8.54. The fourth-order valence-corrected chi connectivity index (χ4v) is 2.19. The number of pyridine rings is 1. The third-order valence-electron chi connectivity index (χ3n) is 1.99. The summed E-state index contributed by atoms with van der Waals surface area (Å²) in [6.45, 7) is 2.00. The maximum atomic E-state index is 10.6. The molecule has 0 radical (unpaired) electrons. The van der Waals surface area contributed by atoms with Crippen LogP contribution >= 0.6 is 11.3 Å². The van der Waals surface area contributed by atoms with Crippen molar-refractivity contribution in [2.45, 2.75) is 6.92 Å². The molecule has 70 valence electrons. The van der Waals surface area contributed by atoms with Crippen LogP contribution in [0.1, 0.15) is 14.5 Å². The molecule has 2 heterocycles. The van der Waals surface area contributed by atoms with Crippen LogP contribution in [0.4, 0.5) is 0 Å². The SMILES string of the molecule is Cc1sc(C=O)cc1-c1ccccn1. The number of aryl methyl sites for hydroxylation is 1. The number of aromatic nitrogens is 1. The Hall–Kier alpha value is -1.48. The number of nitrogens with zero attached hydrogens (tertiary/aromatic N) is 1. The highest BCUT2D eigenvalue weighted by Gasteiger charge is 2.07. The lowest BCUT2D eigenvalue weighted by Crippen LogP contribution is -1.80. The average Bonchev–Trinajstić information content (AvgIpc) is 2.61. The van der Waals surface area contributed by atoms with Crippen LogP contribution in [0.5, 0.6) is 0 Å². The Morgan fingerprint density at radius 1 is 1.43 bits per heavy atom. The normalized spacial score (nSPS) is 10.1. The first-order chi connectivity index (χ1) is 6.81. The van der Waals surface area contributed by atoms with Crippen LogP contribution in [-0.2, 0) is 0 Å². The van der Waals surface area contributed by atoms with Crippen LogP contribution in [0.3, 0.4) is 0 Å². The summed E-state index contributed by atoms with van der Waals surface area (Å²) in [4.78, 5) is 16.7. The molecule has 0 spiro atoms. The van der Waals surface area contributed by atoms with Crippen LogP contribution in [0.2, 0.25) is 0 Å². The Balaban J connectivity index is 2.51. The maximum absolute atomic E-state index is 10.6. The van der Waals surface area contributed by atoms with Crippen LogP contribution in [0.25, 0.3) is 11.3 Å².